The Morgan fingerprint density at radius 2 is 2.04 bits per heavy atom. The van der Waals surface area contributed by atoms with Gasteiger partial charge >= 0.3 is 0 Å². The number of aromatic nitrogens is 5. The summed E-state index contributed by atoms with van der Waals surface area (Å²) in [5.41, 5.74) is 1.48. The summed E-state index contributed by atoms with van der Waals surface area (Å²) in [6.07, 6.45) is 3.49. The molecule has 1 saturated heterocycles. The summed E-state index contributed by atoms with van der Waals surface area (Å²) in [5.74, 6) is 1.60. The summed E-state index contributed by atoms with van der Waals surface area (Å²) in [5, 5.41) is 7.19. The lowest BCUT2D eigenvalue weighted by atomic mass is 10.2. The van der Waals surface area contributed by atoms with Gasteiger partial charge in [0.25, 0.3) is 11.7 Å². The fourth-order valence-corrected chi connectivity index (χ4v) is 4.05. The van der Waals surface area contributed by atoms with Gasteiger partial charge in [-0.25, -0.2) is 9.97 Å². The molecule has 0 aromatic carbocycles. The van der Waals surface area contributed by atoms with Gasteiger partial charge in [0.2, 0.25) is 0 Å². The summed E-state index contributed by atoms with van der Waals surface area (Å²) in [4.78, 5) is 29.8. The highest BCUT2D eigenvalue weighted by molar-refractivity contribution is 7.09. The predicted molar refractivity (Wildman–Crippen MR) is 99.7 cm³/mol. The molecule has 0 bridgehead atoms. The Hall–Kier alpha value is -2.55. The van der Waals surface area contributed by atoms with Gasteiger partial charge in [-0.2, -0.15) is 14.6 Å². The van der Waals surface area contributed by atoms with E-state index < -0.39 is 0 Å². The van der Waals surface area contributed by atoms with Crippen molar-refractivity contribution in [3.8, 4) is 0 Å². The normalized spacial score (nSPS) is 15.0. The first kappa shape index (κ1) is 16.9. The van der Waals surface area contributed by atoms with E-state index in [4.69, 9.17) is 0 Å². The van der Waals surface area contributed by atoms with Crippen molar-refractivity contribution in [2.45, 2.75) is 26.7 Å². The number of carbonyl (C=O) groups excluding carboxylic acids is 1. The van der Waals surface area contributed by atoms with Crippen LogP contribution in [0.25, 0.3) is 5.78 Å². The Bertz CT molecular complexity index is 926. The van der Waals surface area contributed by atoms with Crippen molar-refractivity contribution in [1.82, 2.24) is 29.5 Å². The van der Waals surface area contributed by atoms with E-state index in [2.05, 4.69) is 31.9 Å². The lowest BCUT2D eigenvalue weighted by Crippen LogP contribution is -2.49. The third-order valence-corrected chi connectivity index (χ3v) is 5.40. The third-order valence-electron chi connectivity index (χ3n) is 4.49. The topological polar surface area (TPSA) is 79.5 Å². The number of nitrogens with zero attached hydrogens (tertiary/aromatic N) is 7. The van der Waals surface area contributed by atoms with Crippen molar-refractivity contribution in [3.63, 3.8) is 0 Å². The molecule has 9 heteroatoms. The second kappa shape index (κ2) is 6.99. The van der Waals surface area contributed by atoms with E-state index in [0.29, 0.717) is 24.6 Å². The van der Waals surface area contributed by atoms with Crippen LogP contribution in [0, 0.1) is 6.92 Å². The second-order valence-corrected chi connectivity index (χ2v) is 7.33. The average Bonchev–Trinajstić information content (AvgIpc) is 3.30. The van der Waals surface area contributed by atoms with Crippen LogP contribution < -0.4 is 4.90 Å². The molecule has 3 aromatic rings. The fraction of sp³-hybridized carbons (Fsp3) is 0.471. The highest BCUT2D eigenvalue weighted by Crippen LogP contribution is 2.19. The van der Waals surface area contributed by atoms with Crippen molar-refractivity contribution in [3.05, 3.63) is 34.2 Å². The summed E-state index contributed by atoms with van der Waals surface area (Å²) >= 11 is 1.57. The van der Waals surface area contributed by atoms with E-state index in [1.165, 1.54) is 6.33 Å². The molecule has 0 saturated carbocycles. The zero-order chi connectivity index (χ0) is 18.1. The lowest BCUT2D eigenvalue weighted by molar-refractivity contribution is 0.0741. The van der Waals surface area contributed by atoms with Crippen LogP contribution in [-0.2, 0) is 6.42 Å². The van der Waals surface area contributed by atoms with Crippen molar-refractivity contribution in [2.75, 3.05) is 31.1 Å². The van der Waals surface area contributed by atoms with Gasteiger partial charge in [-0.05, 0) is 19.8 Å². The third kappa shape index (κ3) is 3.14. The molecule has 8 nitrogen and oxygen atoms in total. The Kier molecular flexibility index (Phi) is 4.54. The van der Waals surface area contributed by atoms with E-state index in [1.807, 2.05) is 23.3 Å². The van der Waals surface area contributed by atoms with Crippen molar-refractivity contribution >= 4 is 28.8 Å². The van der Waals surface area contributed by atoms with E-state index in [-0.39, 0.29) is 5.91 Å². The van der Waals surface area contributed by atoms with Crippen LogP contribution in [0.2, 0.25) is 0 Å². The van der Waals surface area contributed by atoms with Crippen LogP contribution in [0.1, 0.15) is 34.5 Å². The van der Waals surface area contributed by atoms with Gasteiger partial charge in [-0.15, -0.1) is 11.3 Å². The second-order valence-electron chi connectivity index (χ2n) is 6.38. The molecule has 26 heavy (non-hydrogen) atoms. The fourth-order valence-electron chi connectivity index (χ4n) is 3.17. The molecule has 1 amide bonds. The van der Waals surface area contributed by atoms with Crippen LogP contribution in [0.15, 0.2) is 17.8 Å². The molecule has 4 rings (SSSR count). The molecule has 0 atom stereocenters. The molecule has 136 valence electrons. The average molecular weight is 371 g/mol. The molecule has 0 unspecified atom stereocenters. The number of carbonyl (C=O) groups is 1. The maximum atomic E-state index is 12.7. The van der Waals surface area contributed by atoms with Crippen molar-refractivity contribution in [2.24, 2.45) is 0 Å². The van der Waals surface area contributed by atoms with Gasteiger partial charge in [-0.1, -0.05) is 6.92 Å². The first-order chi connectivity index (χ1) is 12.7. The smallest absolute Gasteiger partial charge is 0.273 e. The van der Waals surface area contributed by atoms with Gasteiger partial charge in [0.15, 0.2) is 0 Å². The monoisotopic (exact) mass is 371 g/mol. The number of rotatable bonds is 4. The zero-order valence-corrected chi connectivity index (χ0v) is 15.7. The van der Waals surface area contributed by atoms with E-state index in [0.717, 1.165) is 42.5 Å². The number of fused-ring (bicyclic) bond motifs is 1. The van der Waals surface area contributed by atoms with Gasteiger partial charge in [0, 0.05) is 43.3 Å². The number of hydrogen-bond acceptors (Lipinski definition) is 7. The van der Waals surface area contributed by atoms with Crippen LogP contribution in [0.4, 0.5) is 5.82 Å². The van der Waals surface area contributed by atoms with E-state index in [9.17, 15) is 4.79 Å². The van der Waals surface area contributed by atoms with Crippen LogP contribution in [-0.4, -0.2) is 61.6 Å². The van der Waals surface area contributed by atoms with Crippen LogP contribution >= 0.6 is 11.3 Å². The number of thiazole rings is 1. The summed E-state index contributed by atoms with van der Waals surface area (Å²) in [6, 6.07) is 2.01. The number of anilines is 1. The number of hydrogen-bond donors (Lipinski definition) is 0. The van der Waals surface area contributed by atoms with Crippen molar-refractivity contribution in [1.29, 1.82) is 0 Å². The van der Waals surface area contributed by atoms with E-state index >= 15 is 0 Å². The van der Waals surface area contributed by atoms with Gasteiger partial charge in [0.1, 0.15) is 17.8 Å². The molecule has 0 aliphatic carbocycles. The Balaban J connectivity index is 1.46. The number of piperazine rings is 1. The molecule has 0 radical (unpaired) electrons. The predicted octanol–water partition coefficient (Wildman–Crippen LogP) is 1.80. The van der Waals surface area contributed by atoms with Gasteiger partial charge < -0.3 is 9.80 Å². The molecule has 1 aliphatic heterocycles. The number of aryl methyl sites for hydroxylation is 2. The zero-order valence-electron chi connectivity index (χ0n) is 14.9. The summed E-state index contributed by atoms with van der Waals surface area (Å²) in [7, 11) is 0. The molecule has 3 aromatic heterocycles. The highest BCUT2D eigenvalue weighted by atomic mass is 32.1. The Labute approximate surface area is 155 Å². The number of amides is 1. The first-order valence-corrected chi connectivity index (χ1v) is 9.69. The standard InChI is InChI=1S/C17H21N7OS/c1-3-4-14-21-13(10-26-14)16(25)23-7-5-22(6-8-23)15-9-12(2)20-17-18-11-19-24(15)17/h9-11H,3-8H2,1-2H3. The Morgan fingerprint density at radius 3 is 2.81 bits per heavy atom. The minimum atomic E-state index is 0.0278. The van der Waals surface area contributed by atoms with Gasteiger partial charge in [-0.3, -0.25) is 4.79 Å². The molecule has 0 spiro atoms. The SMILES string of the molecule is CCCc1nc(C(=O)N2CCN(c3cc(C)nc4ncnn34)CC2)cs1. The summed E-state index contributed by atoms with van der Waals surface area (Å²) in [6.45, 7) is 6.89. The molecule has 0 N–H and O–H groups in total. The minimum absolute atomic E-state index is 0.0278. The molecular formula is C17H21N7OS. The Morgan fingerprint density at radius 1 is 1.23 bits per heavy atom. The van der Waals surface area contributed by atoms with Crippen molar-refractivity contribution < 1.29 is 4.79 Å². The quantitative estimate of drug-likeness (QED) is 0.696. The lowest BCUT2D eigenvalue weighted by Gasteiger charge is -2.35. The molecule has 1 fully saturated rings. The minimum Gasteiger partial charge on any atom is -0.353 e. The molecular weight excluding hydrogens is 350 g/mol. The maximum absolute atomic E-state index is 12.7. The largest absolute Gasteiger partial charge is 0.353 e. The van der Waals surface area contributed by atoms with Gasteiger partial charge in [0.05, 0.1) is 5.01 Å². The molecule has 1 aliphatic rings. The van der Waals surface area contributed by atoms with Crippen LogP contribution in [0.3, 0.4) is 0 Å². The highest BCUT2D eigenvalue weighted by Gasteiger charge is 2.25. The molecule has 4 heterocycles. The maximum Gasteiger partial charge on any atom is 0.273 e. The van der Waals surface area contributed by atoms with Crippen LogP contribution in [0.5, 0.6) is 0 Å². The summed E-state index contributed by atoms with van der Waals surface area (Å²) < 4.78 is 1.75. The van der Waals surface area contributed by atoms with E-state index in [1.54, 1.807) is 15.9 Å². The first-order valence-electron chi connectivity index (χ1n) is 8.81.